The third-order valence-electron chi connectivity index (χ3n) is 2.04. The fourth-order valence-electron chi connectivity index (χ4n) is 1.23. The summed E-state index contributed by atoms with van der Waals surface area (Å²) in [6, 6.07) is 0.153. The smallest absolute Gasteiger partial charge is 0.248 e. The number of carbonyl (C=O) groups is 1. The standard InChI is InChI=1S/C11H23NO3/c1-9(2)12(6-5-7-13)11(14)8-15-10(3)4/h9-10,13H,5-8H2,1-4H3. The quantitative estimate of drug-likeness (QED) is 0.693. The fourth-order valence-corrected chi connectivity index (χ4v) is 1.23. The van der Waals surface area contributed by atoms with Crippen LogP contribution in [0, 0.1) is 0 Å². The number of aliphatic hydroxyl groups excluding tert-OH is 1. The molecule has 0 aromatic heterocycles. The largest absolute Gasteiger partial charge is 0.396 e. The van der Waals surface area contributed by atoms with Crippen molar-refractivity contribution in [1.82, 2.24) is 4.90 Å². The second-order valence-electron chi connectivity index (χ2n) is 4.12. The van der Waals surface area contributed by atoms with Crippen LogP contribution in [0.5, 0.6) is 0 Å². The summed E-state index contributed by atoms with van der Waals surface area (Å²) >= 11 is 0. The topological polar surface area (TPSA) is 49.8 Å². The van der Waals surface area contributed by atoms with Crippen LogP contribution in [-0.4, -0.2) is 47.8 Å². The average Bonchev–Trinajstić information content (AvgIpc) is 2.14. The normalized spacial score (nSPS) is 11.1. The number of aliphatic hydroxyl groups is 1. The van der Waals surface area contributed by atoms with Gasteiger partial charge in [0, 0.05) is 19.2 Å². The van der Waals surface area contributed by atoms with Crippen molar-refractivity contribution in [1.29, 1.82) is 0 Å². The molecule has 15 heavy (non-hydrogen) atoms. The summed E-state index contributed by atoms with van der Waals surface area (Å²) in [6.45, 7) is 8.56. The first-order chi connectivity index (χ1) is 6.99. The van der Waals surface area contributed by atoms with E-state index in [0.717, 1.165) is 0 Å². The molecule has 90 valence electrons. The first-order valence-electron chi connectivity index (χ1n) is 5.51. The highest BCUT2D eigenvalue weighted by Crippen LogP contribution is 2.02. The van der Waals surface area contributed by atoms with Gasteiger partial charge in [-0.2, -0.15) is 0 Å². The third-order valence-corrected chi connectivity index (χ3v) is 2.04. The minimum absolute atomic E-state index is 0.00727. The van der Waals surface area contributed by atoms with Gasteiger partial charge in [0.25, 0.3) is 0 Å². The summed E-state index contributed by atoms with van der Waals surface area (Å²) in [6.07, 6.45) is 0.687. The van der Waals surface area contributed by atoms with Crippen LogP contribution >= 0.6 is 0 Å². The highest BCUT2D eigenvalue weighted by atomic mass is 16.5. The van der Waals surface area contributed by atoms with E-state index in [1.807, 2.05) is 27.7 Å². The summed E-state index contributed by atoms with van der Waals surface area (Å²) < 4.78 is 5.26. The molecular weight excluding hydrogens is 194 g/mol. The number of carbonyl (C=O) groups excluding carboxylic acids is 1. The molecule has 0 spiro atoms. The van der Waals surface area contributed by atoms with Crippen molar-refractivity contribution >= 4 is 5.91 Å². The van der Waals surface area contributed by atoms with Gasteiger partial charge in [0.05, 0.1) is 6.10 Å². The monoisotopic (exact) mass is 217 g/mol. The molecule has 0 aliphatic rings. The van der Waals surface area contributed by atoms with Gasteiger partial charge in [-0.3, -0.25) is 4.79 Å². The molecule has 0 aliphatic carbocycles. The Labute approximate surface area is 92.2 Å². The summed E-state index contributed by atoms with van der Waals surface area (Å²) in [5.74, 6) is -0.00727. The van der Waals surface area contributed by atoms with E-state index in [2.05, 4.69) is 0 Å². The maximum absolute atomic E-state index is 11.7. The summed E-state index contributed by atoms with van der Waals surface area (Å²) in [5.41, 5.74) is 0. The van der Waals surface area contributed by atoms with Gasteiger partial charge in [0.2, 0.25) is 5.91 Å². The first-order valence-corrected chi connectivity index (χ1v) is 5.51. The van der Waals surface area contributed by atoms with Gasteiger partial charge in [0.1, 0.15) is 6.61 Å². The van der Waals surface area contributed by atoms with E-state index in [1.165, 1.54) is 0 Å². The van der Waals surface area contributed by atoms with E-state index >= 15 is 0 Å². The van der Waals surface area contributed by atoms with Crippen molar-refractivity contribution in [2.24, 2.45) is 0 Å². The minimum Gasteiger partial charge on any atom is -0.396 e. The number of hydrogen-bond acceptors (Lipinski definition) is 3. The van der Waals surface area contributed by atoms with Crippen LogP contribution in [0.3, 0.4) is 0 Å². The Morgan fingerprint density at radius 1 is 1.33 bits per heavy atom. The lowest BCUT2D eigenvalue weighted by molar-refractivity contribution is -0.139. The summed E-state index contributed by atoms with van der Waals surface area (Å²) in [4.78, 5) is 13.4. The van der Waals surface area contributed by atoms with E-state index < -0.39 is 0 Å². The maximum atomic E-state index is 11.7. The highest BCUT2D eigenvalue weighted by Gasteiger charge is 2.16. The molecule has 0 aromatic rings. The number of rotatable bonds is 7. The number of amides is 1. The Morgan fingerprint density at radius 2 is 1.93 bits per heavy atom. The van der Waals surface area contributed by atoms with E-state index in [1.54, 1.807) is 4.90 Å². The van der Waals surface area contributed by atoms with Crippen molar-refractivity contribution in [3.63, 3.8) is 0 Å². The second kappa shape index (κ2) is 7.65. The predicted molar refractivity (Wildman–Crippen MR) is 59.6 cm³/mol. The van der Waals surface area contributed by atoms with Gasteiger partial charge in [-0.1, -0.05) is 0 Å². The summed E-state index contributed by atoms with van der Waals surface area (Å²) in [5, 5.41) is 8.73. The van der Waals surface area contributed by atoms with Crippen LogP contribution in [-0.2, 0) is 9.53 Å². The number of hydrogen-bond donors (Lipinski definition) is 1. The van der Waals surface area contributed by atoms with Crippen molar-refractivity contribution in [2.45, 2.75) is 46.3 Å². The van der Waals surface area contributed by atoms with Crippen LogP contribution < -0.4 is 0 Å². The molecule has 4 nitrogen and oxygen atoms in total. The Balaban J connectivity index is 4.05. The van der Waals surface area contributed by atoms with Crippen molar-refractivity contribution in [2.75, 3.05) is 19.8 Å². The van der Waals surface area contributed by atoms with Crippen molar-refractivity contribution in [3.8, 4) is 0 Å². The van der Waals surface area contributed by atoms with Crippen LogP contribution in [0.15, 0.2) is 0 Å². The molecule has 0 unspecified atom stereocenters. The van der Waals surface area contributed by atoms with Crippen LogP contribution in [0.25, 0.3) is 0 Å². The SMILES string of the molecule is CC(C)OCC(=O)N(CCCO)C(C)C. The van der Waals surface area contributed by atoms with Gasteiger partial charge >= 0.3 is 0 Å². The third kappa shape index (κ3) is 6.47. The maximum Gasteiger partial charge on any atom is 0.248 e. The Bertz CT molecular complexity index is 181. The number of nitrogens with zero attached hydrogens (tertiary/aromatic N) is 1. The molecule has 0 rings (SSSR count). The van der Waals surface area contributed by atoms with Gasteiger partial charge in [-0.25, -0.2) is 0 Å². The van der Waals surface area contributed by atoms with E-state index in [4.69, 9.17) is 9.84 Å². The zero-order chi connectivity index (χ0) is 11.8. The molecule has 0 saturated carbocycles. The van der Waals surface area contributed by atoms with Gasteiger partial charge < -0.3 is 14.7 Å². The molecule has 4 heteroatoms. The van der Waals surface area contributed by atoms with Crippen molar-refractivity contribution in [3.05, 3.63) is 0 Å². The molecule has 0 bridgehead atoms. The molecule has 0 radical (unpaired) electrons. The molecule has 0 heterocycles. The first kappa shape index (κ1) is 14.4. The molecule has 1 N–H and O–H groups in total. The Kier molecular flexibility index (Phi) is 7.34. The predicted octanol–water partition coefficient (Wildman–Crippen LogP) is 1.03. The molecule has 0 fully saturated rings. The fraction of sp³-hybridized carbons (Fsp3) is 0.909. The molecule has 0 saturated heterocycles. The van der Waals surface area contributed by atoms with Crippen molar-refractivity contribution < 1.29 is 14.6 Å². The molecule has 0 atom stereocenters. The van der Waals surface area contributed by atoms with E-state index in [0.29, 0.717) is 13.0 Å². The lowest BCUT2D eigenvalue weighted by atomic mass is 10.3. The van der Waals surface area contributed by atoms with E-state index in [9.17, 15) is 4.79 Å². The van der Waals surface area contributed by atoms with Gasteiger partial charge in [-0.05, 0) is 34.1 Å². The molecule has 1 amide bonds. The molecule has 0 aromatic carbocycles. The zero-order valence-electron chi connectivity index (χ0n) is 10.2. The number of ether oxygens (including phenoxy) is 1. The highest BCUT2D eigenvalue weighted by molar-refractivity contribution is 5.77. The summed E-state index contributed by atoms with van der Waals surface area (Å²) in [7, 11) is 0. The lowest BCUT2D eigenvalue weighted by Gasteiger charge is -2.26. The van der Waals surface area contributed by atoms with Gasteiger partial charge in [0.15, 0.2) is 0 Å². The van der Waals surface area contributed by atoms with Gasteiger partial charge in [-0.15, -0.1) is 0 Å². The second-order valence-corrected chi connectivity index (χ2v) is 4.12. The average molecular weight is 217 g/mol. The van der Waals surface area contributed by atoms with E-state index in [-0.39, 0.29) is 31.3 Å². The lowest BCUT2D eigenvalue weighted by Crippen LogP contribution is -2.40. The Morgan fingerprint density at radius 3 is 2.33 bits per heavy atom. The molecule has 0 aliphatic heterocycles. The minimum atomic E-state index is -0.00727. The van der Waals surface area contributed by atoms with Crippen LogP contribution in [0.4, 0.5) is 0 Å². The van der Waals surface area contributed by atoms with Crippen LogP contribution in [0.1, 0.15) is 34.1 Å². The Hall–Kier alpha value is -0.610. The zero-order valence-corrected chi connectivity index (χ0v) is 10.2. The molecular formula is C11H23NO3. The van der Waals surface area contributed by atoms with Crippen LogP contribution in [0.2, 0.25) is 0 Å².